The maximum atomic E-state index is 14.2. The van der Waals surface area contributed by atoms with Crippen LogP contribution in [-0.4, -0.2) is 6.54 Å². The smallest absolute Gasteiger partial charge is 0.312 e. The molecule has 4 saturated carbocycles. The molecule has 4 fully saturated rings. The van der Waals surface area contributed by atoms with Gasteiger partial charge >= 0.3 is 6.18 Å². The van der Waals surface area contributed by atoms with E-state index in [4.69, 9.17) is 11.6 Å². The van der Waals surface area contributed by atoms with E-state index >= 15 is 0 Å². The van der Waals surface area contributed by atoms with Crippen LogP contribution in [0.25, 0.3) is 0 Å². The summed E-state index contributed by atoms with van der Waals surface area (Å²) in [5.74, 6) is 0.619. The van der Waals surface area contributed by atoms with Crippen LogP contribution in [0.4, 0.5) is 17.6 Å². The summed E-state index contributed by atoms with van der Waals surface area (Å²) in [5, 5.41) is 4.15. The second-order valence-electron chi connectivity index (χ2n) is 10.2. The molecule has 0 spiro atoms. The van der Waals surface area contributed by atoms with Crippen molar-refractivity contribution in [1.82, 2.24) is 5.32 Å². The van der Waals surface area contributed by atoms with Gasteiger partial charge in [-0.1, -0.05) is 29.8 Å². The first-order chi connectivity index (χ1) is 14.7. The van der Waals surface area contributed by atoms with Gasteiger partial charge in [-0.3, -0.25) is 0 Å². The van der Waals surface area contributed by atoms with Crippen molar-refractivity contribution in [2.45, 2.75) is 56.7 Å². The molecule has 4 bridgehead atoms. The Kier molecular flexibility index (Phi) is 5.13. The lowest BCUT2D eigenvalue weighted by Crippen LogP contribution is -2.56. The highest BCUT2D eigenvalue weighted by Crippen LogP contribution is 2.65. The summed E-state index contributed by atoms with van der Waals surface area (Å²) in [5.41, 5.74) is 1.08. The Hall–Kier alpha value is -1.59. The van der Waals surface area contributed by atoms with Gasteiger partial charge in [0.1, 0.15) is 5.82 Å². The Bertz CT molecular complexity index is 954. The molecule has 4 aliphatic carbocycles. The molecule has 31 heavy (non-hydrogen) atoms. The third-order valence-electron chi connectivity index (χ3n) is 7.83. The van der Waals surface area contributed by atoms with Crippen molar-refractivity contribution in [3.8, 4) is 0 Å². The monoisotopic (exact) mass is 451 g/mol. The normalized spacial score (nSPS) is 31.9. The highest BCUT2D eigenvalue weighted by molar-refractivity contribution is 6.30. The van der Waals surface area contributed by atoms with Crippen molar-refractivity contribution < 1.29 is 17.6 Å². The van der Waals surface area contributed by atoms with E-state index in [1.807, 2.05) is 12.1 Å². The third kappa shape index (κ3) is 4.00. The van der Waals surface area contributed by atoms with E-state index in [-0.39, 0.29) is 22.9 Å². The van der Waals surface area contributed by atoms with Crippen LogP contribution in [0.2, 0.25) is 5.02 Å². The van der Waals surface area contributed by atoms with Crippen LogP contribution in [0.3, 0.4) is 0 Å². The van der Waals surface area contributed by atoms with Gasteiger partial charge in [0.2, 0.25) is 0 Å². The zero-order valence-electron chi connectivity index (χ0n) is 17.2. The number of alkyl halides is 3. The van der Waals surface area contributed by atoms with E-state index < -0.39 is 17.6 Å². The van der Waals surface area contributed by atoms with Crippen LogP contribution in [0.1, 0.15) is 55.2 Å². The Morgan fingerprint density at radius 2 is 1.65 bits per heavy atom. The van der Waals surface area contributed by atoms with Crippen molar-refractivity contribution in [2.24, 2.45) is 17.3 Å². The minimum Gasteiger partial charge on any atom is -0.312 e. The molecule has 0 amide bonds. The molecule has 0 aliphatic heterocycles. The molecule has 6 heteroatoms. The lowest BCUT2D eigenvalue weighted by molar-refractivity contribution is -0.137. The summed E-state index contributed by atoms with van der Waals surface area (Å²) in [6.07, 6.45) is 2.69. The van der Waals surface area contributed by atoms with E-state index in [2.05, 4.69) is 17.4 Å². The van der Waals surface area contributed by atoms with Crippen LogP contribution in [0.5, 0.6) is 0 Å². The van der Waals surface area contributed by atoms with Crippen molar-refractivity contribution in [1.29, 1.82) is 0 Å². The molecule has 1 nitrogen and oxygen atoms in total. The molecule has 2 aromatic rings. The van der Waals surface area contributed by atoms with Crippen LogP contribution >= 0.6 is 11.6 Å². The number of hydrogen-bond donors (Lipinski definition) is 1. The average molecular weight is 452 g/mol. The fourth-order valence-corrected chi connectivity index (χ4v) is 7.26. The van der Waals surface area contributed by atoms with Gasteiger partial charge < -0.3 is 5.32 Å². The molecule has 166 valence electrons. The summed E-state index contributed by atoms with van der Waals surface area (Å²) in [4.78, 5) is 0. The molecule has 0 aromatic heterocycles. The van der Waals surface area contributed by atoms with Crippen LogP contribution < -0.4 is 5.32 Å². The lowest BCUT2D eigenvalue weighted by atomic mass is 9.43. The molecule has 2 aromatic carbocycles. The molecule has 2 atom stereocenters. The van der Waals surface area contributed by atoms with E-state index in [1.54, 1.807) is 0 Å². The number of halogens is 5. The topological polar surface area (TPSA) is 12.0 Å². The highest BCUT2D eigenvalue weighted by Gasteiger charge is 2.57. The summed E-state index contributed by atoms with van der Waals surface area (Å²) >= 11 is 6.12. The molecule has 0 saturated heterocycles. The molecular weight excluding hydrogens is 426 g/mol. The SMILES string of the molecule is Fc1cc(C(F)(F)F)ccc1CNCC12CC3CC(C1)CC(c1ccc(Cl)cc1)(C3)C2. The van der Waals surface area contributed by atoms with Gasteiger partial charge in [-0.15, -0.1) is 0 Å². The fourth-order valence-electron chi connectivity index (χ4n) is 7.13. The number of benzene rings is 2. The first-order valence-corrected chi connectivity index (χ1v) is 11.4. The maximum Gasteiger partial charge on any atom is 0.416 e. The van der Waals surface area contributed by atoms with E-state index in [0.717, 1.165) is 24.1 Å². The molecule has 6 rings (SSSR count). The molecule has 2 unspecified atom stereocenters. The quantitative estimate of drug-likeness (QED) is 0.477. The molecule has 1 N–H and O–H groups in total. The van der Waals surface area contributed by atoms with Gasteiger partial charge in [0.25, 0.3) is 0 Å². The van der Waals surface area contributed by atoms with Crippen LogP contribution in [0.15, 0.2) is 42.5 Å². The summed E-state index contributed by atoms with van der Waals surface area (Å²) in [6.45, 7) is 1.02. The Balaban J connectivity index is 1.30. The van der Waals surface area contributed by atoms with Crippen LogP contribution in [0, 0.1) is 23.1 Å². The van der Waals surface area contributed by atoms with Crippen molar-refractivity contribution in [3.63, 3.8) is 0 Å². The summed E-state index contributed by atoms with van der Waals surface area (Å²) < 4.78 is 52.6. The number of hydrogen-bond acceptors (Lipinski definition) is 1. The fraction of sp³-hybridized carbons (Fsp3) is 0.520. The van der Waals surface area contributed by atoms with Crippen molar-refractivity contribution in [2.75, 3.05) is 6.54 Å². The third-order valence-corrected chi connectivity index (χ3v) is 8.09. The van der Waals surface area contributed by atoms with Gasteiger partial charge in [-0.2, -0.15) is 13.2 Å². The average Bonchev–Trinajstić information content (AvgIpc) is 2.67. The minimum absolute atomic E-state index is 0.173. The van der Waals surface area contributed by atoms with E-state index in [0.29, 0.717) is 17.9 Å². The number of nitrogens with one attached hydrogen (secondary N) is 1. The van der Waals surface area contributed by atoms with E-state index in [9.17, 15) is 17.6 Å². The standard InChI is InChI=1S/C25H26ClF4N/c26-21-5-3-19(4-6-21)24-11-16-7-17(12-24)10-23(9-16,14-24)15-31-13-18-1-2-20(8-22(18)27)25(28,29)30/h1-6,8,16-17,31H,7,9-15H2. The van der Waals surface area contributed by atoms with Gasteiger partial charge in [-0.05, 0) is 91.0 Å². The molecule has 0 heterocycles. The first-order valence-electron chi connectivity index (χ1n) is 11.0. The van der Waals surface area contributed by atoms with Crippen molar-refractivity contribution in [3.05, 3.63) is 70.0 Å². The Morgan fingerprint density at radius 1 is 0.968 bits per heavy atom. The maximum absolute atomic E-state index is 14.2. The second kappa shape index (κ2) is 7.48. The largest absolute Gasteiger partial charge is 0.416 e. The predicted molar refractivity (Wildman–Crippen MR) is 113 cm³/mol. The number of rotatable bonds is 5. The Morgan fingerprint density at radius 3 is 2.26 bits per heavy atom. The van der Waals surface area contributed by atoms with Crippen molar-refractivity contribution >= 4 is 11.6 Å². The zero-order chi connectivity index (χ0) is 21.9. The Labute approximate surface area is 185 Å². The second-order valence-corrected chi connectivity index (χ2v) is 10.6. The van der Waals surface area contributed by atoms with Crippen LogP contribution in [-0.2, 0) is 18.1 Å². The summed E-state index contributed by atoms with van der Waals surface area (Å²) in [6, 6.07) is 11.1. The van der Waals surface area contributed by atoms with Gasteiger partial charge in [0.05, 0.1) is 5.56 Å². The first kappa shape index (κ1) is 21.3. The molecule has 0 radical (unpaired) electrons. The van der Waals surface area contributed by atoms with Gasteiger partial charge in [0, 0.05) is 23.7 Å². The molecular formula is C25H26ClF4N. The predicted octanol–water partition coefficient (Wildman–Crippen LogP) is 7.13. The minimum atomic E-state index is -4.53. The summed E-state index contributed by atoms with van der Waals surface area (Å²) in [7, 11) is 0. The van der Waals surface area contributed by atoms with Gasteiger partial charge in [0.15, 0.2) is 0 Å². The zero-order valence-corrected chi connectivity index (χ0v) is 18.0. The van der Waals surface area contributed by atoms with E-state index in [1.165, 1.54) is 43.7 Å². The highest BCUT2D eigenvalue weighted by atomic mass is 35.5. The lowest BCUT2D eigenvalue weighted by Gasteiger charge is -2.62. The van der Waals surface area contributed by atoms with Gasteiger partial charge in [-0.25, -0.2) is 4.39 Å². The molecule has 4 aliphatic rings.